The summed E-state index contributed by atoms with van der Waals surface area (Å²) < 4.78 is 0. The first-order valence-electron chi connectivity index (χ1n) is 8.87. The van der Waals surface area contributed by atoms with Crippen LogP contribution in [0.25, 0.3) is 0 Å². The third kappa shape index (κ3) is 4.49. The van der Waals surface area contributed by atoms with Gasteiger partial charge in [0, 0.05) is 12.6 Å². The van der Waals surface area contributed by atoms with E-state index in [2.05, 4.69) is 34.9 Å². The first-order chi connectivity index (χ1) is 11.6. The maximum Gasteiger partial charge on any atom is 0.315 e. The van der Waals surface area contributed by atoms with Crippen LogP contribution in [0.5, 0.6) is 0 Å². The molecule has 0 aromatic heterocycles. The number of aliphatic carboxylic acids is 1. The second-order valence-electron chi connectivity index (χ2n) is 7.38. The van der Waals surface area contributed by atoms with Crippen molar-refractivity contribution in [2.45, 2.75) is 51.0 Å². The van der Waals surface area contributed by atoms with Crippen molar-refractivity contribution in [3.63, 3.8) is 0 Å². The Balaban J connectivity index is 1.39. The fourth-order valence-corrected chi connectivity index (χ4v) is 3.61. The zero-order chi connectivity index (χ0) is 17.0. The van der Waals surface area contributed by atoms with Crippen molar-refractivity contribution in [2.24, 2.45) is 11.3 Å². The Kier molecular flexibility index (Phi) is 5.07. The van der Waals surface area contributed by atoms with E-state index in [9.17, 15) is 9.59 Å². The van der Waals surface area contributed by atoms with Gasteiger partial charge in [-0.3, -0.25) is 4.79 Å². The predicted octanol–water partition coefficient (Wildman–Crippen LogP) is 2.95. The van der Waals surface area contributed by atoms with Crippen molar-refractivity contribution >= 4 is 12.0 Å². The summed E-state index contributed by atoms with van der Waals surface area (Å²) in [7, 11) is 0. The Morgan fingerprint density at radius 1 is 1.08 bits per heavy atom. The number of hydrogen-bond donors (Lipinski definition) is 3. The molecule has 2 aliphatic rings. The van der Waals surface area contributed by atoms with Crippen LogP contribution in [0.1, 0.15) is 44.1 Å². The predicted molar refractivity (Wildman–Crippen MR) is 91.7 cm³/mol. The number of carboxylic acid groups (broad SMARTS) is 1. The summed E-state index contributed by atoms with van der Waals surface area (Å²) in [6.07, 6.45) is 6.13. The van der Waals surface area contributed by atoms with Gasteiger partial charge in [-0.1, -0.05) is 30.3 Å². The molecule has 0 spiro atoms. The summed E-state index contributed by atoms with van der Waals surface area (Å²) in [6.45, 7) is 0.707. The van der Waals surface area contributed by atoms with E-state index in [0.29, 0.717) is 19.4 Å². The van der Waals surface area contributed by atoms with Gasteiger partial charge in [0.15, 0.2) is 0 Å². The minimum atomic E-state index is -0.713. The van der Waals surface area contributed by atoms with Gasteiger partial charge in [-0.15, -0.1) is 0 Å². The second-order valence-corrected chi connectivity index (χ2v) is 7.38. The van der Waals surface area contributed by atoms with E-state index in [1.165, 1.54) is 5.56 Å². The lowest BCUT2D eigenvalue weighted by Crippen LogP contribution is -2.45. The van der Waals surface area contributed by atoms with E-state index >= 15 is 0 Å². The van der Waals surface area contributed by atoms with E-state index in [0.717, 1.165) is 32.1 Å². The Labute approximate surface area is 142 Å². The number of rotatable bonds is 6. The highest BCUT2D eigenvalue weighted by molar-refractivity contribution is 5.74. The average molecular weight is 330 g/mol. The van der Waals surface area contributed by atoms with Crippen molar-refractivity contribution in [2.75, 3.05) is 6.54 Å². The standard InChI is InChI=1S/C19H26N2O3/c22-17(23)15-6-8-16(9-7-15)21-18(24)20-13-19(10-11-19)12-14-4-2-1-3-5-14/h1-5,15-16H,6-13H2,(H,22,23)(H2,20,21,24). The second kappa shape index (κ2) is 7.24. The largest absolute Gasteiger partial charge is 0.481 e. The van der Waals surface area contributed by atoms with Gasteiger partial charge in [0.05, 0.1) is 5.92 Å². The highest BCUT2D eigenvalue weighted by atomic mass is 16.4. The molecule has 24 heavy (non-hydrogen) atoms. The molecule has 0 radical (unpaired) electrons. The minimum absolute atomic E-state index is 0.102. The first kappa shape index (κ1) is 16.8. The number of urea groups is 1. The van der Waals surface area contributed by atoms with Crippen LogP contribution in [0.3, 0.4) is 0 Å². The molecule has 1 aromatic rings. The van der Waals surface area contributed by atoms with Gasteiger partial charge in [-0.05, 0) is 55.9 Å². The molecule has 1 aromatic carbocycles. The summed E-state index contributed by atoms with van der Waals surface area (Å²) in [5.41, 5.74) is 1.55. The van der Waals surface area contributed by atoms with Gasteiger partial charge >= 0.3 is 12.0 Å². The molecule has 0 atom stereocenters. The van der Waals surface area contributed by atoms with Gasteiger partial charge in [-0.25, -0.2) is 4.79 Å². The van der Waals surface area contributed by atoms with Crippen LogP contribution in [-0.2, 0) is 11.2 Å². The highest BCUT2D eigenvalue weighted by Gasteiger charge is 2.42. The quantitative estimate of drug-likeness (QED) is 0.750. The lowest BCUT2D eigenvalue weighted by molar-refractivity contribution is -0.142. The lowest BCUT2D eigenvalue weighted by atomic mass is 9.86. The molecular formula is C19H26N2O3. The van der Waals surface area contributed by atoms with E-state index in [-0.39, 0.29) is 23.4 Å². The molecule has 130 valence electrons. The molecule has 5 heteroatoms. The number of hydrogen-bond acceptors (Lipinski definition) is 2. The Bertz CT molecular complexity index is 576. The zero-order valence-corrected chi connectivity index (χ0v) is 14.0. The first-order valence-corrected chi connectivity index (χ1v) is 8.87. The summed E-state index contributed by atoms with van der Waals surface area (Å²) >= 11 is 0. The van der Waals surface area contributed by atoms with Crippen LogP contribution in [0.15, 0.2) is 30.3 Å². The topological polar surface area (TPSA) is 78.4 Å². The number of carboxylic acids is 1. The van der Waals surface area contributed by atoms with Gasteiger partial charge < -0.3 is 15.7 Å². The summed E-state index contributed by atoms with van der Waals surface area (Å²) in [5.74, 6) is -0.957. The maximum absolute atomic E-state index is 12.1. The summed E-state index contributed by atoms with van der Waals surface area (Å²) in [4.78, 5) is 23.1. The van der Waals surface area contributed by atoms with Crippen molar-refractivity contribution in [1.29, 1.82) is 0 Å². The lowest BCUT2D eigenvalue weighted by Gasteiger charge is -2.27. The van der Waals surface area contributed by atoms with Crippen molar-refractivity contribution in [3.8, 4) is 0 Å². The van der Waals surface area contributed by atoms with Crippen LogP contribution in [0.2, 0.25) is 0 Å². The molecule has 0 bridgehead atoms. The fraction of sp³-hybridized carbons (Fsp3) is 0.579. The van der Waals surface area contributed by atoms with Gasteiger partial charge in [0.25, 0.3) is 0 Å². The van der Waals surface area contributed by atoms with E-state index in [1.807, 2.05) is 6.07 Å². The van der Waals surface area contributed by atoms with Crippen molar-refractivity contribution in [1.82, 2.24) is 10.6 Å². The number of carbonyl (C=O) groups excluding carboxylic acids is 1. The monoisotopic (exact) mass is 330 g/mol. The molecular weight excluding hydrogens is 304 g/mol. The number of benzene rings is 1. The molecule has 3 rings (SSSR count). The summed E-state index contributed by atoms with van der Waals surface area (Å²) in [6, 6.07) is 10.4. The molecule has 2 fully saturated rings. The van der Waals surface area contributed by atoms with Crippen LogP contribution >= 0.6 is 0 Å². The Morgan fingerprint density at radius 2 is 1.75 bits per heavy atom. The SMILES string of the molecule is O=C(NCC1(Cc2ccccc2)CC1)NC1CCC(C(=O)O)CC1. The van der Waals surface area contributed by atoms with Gasteiger partial charge in [0.2, 0.25) is 0 Å². The molecule has 5 nitrogen and oxygen atoms in total. The highest BCUT2D eigenvalue weighted by Crippen LogP contribution is 2.47. The van der Waals surface area contributed by atoms with Gasteiger partial charge in [-0.2, -0.15) is 0 Å². The molecule has 0 unspecified atom stereocenters. The normalized spacial score (nSPS) is 24.8. The third-order valence-electron chi connectivity index (χ3n) is 5.41. The van der Waals surface area contributed by atoms with Crippen molar-refractivity contribution < 1.29 is 14.7 Å². The van der Waals surface area contributed by atoms with E-state index in [4.69, 9.17) is 5.11 Å². The van der Waals surface area contributed by atoms with Crippen LogP contribution < -0.4 is 10.6 Å². The van der Waals surface area contributed by atoms with E-state index in [1.54, 1.807) is 0 Å². The Hall–Kier alpha value is -2.04. The van der Waals surface area contributed by atoms with Crippen LogP contribution in [-0.4, -0.2) is 29.7 Å². The van der Waals surface area contributed by atoms with Gasteiger partial charge in [0.1, 0.15) is 0 Å². The third-order valence-corrected chi connectivity index (χ3v) is 5.41. The van der Waals surface area contributed by atoms with Crippen LogP contribution in [0.4, 0.5) is 4.79 Å². The number of amides is 2. The Morgan fingerprint density at radius 3 is 2.33 bits per heavy atom. The molecule has 0 aliphatic heterocycles. The smallest absolute Gasteiger partial charge is 0.315 e. The fourth-order valence-electron chi connectivity index (χ4n) is 3.61. The number of nitrogens with one attached hydrogen (secondary N) is 2. The molecule has 2 saturated carbocycles. The molecule has 0 heterocycles. The minimum Gasteiger partial charge on any atom is -0.481 e. The number of carbonyl (C=O) groups is 2. The molecule has 3 N–H and O–H groups in total. The van der Waals surface area contributed by atoms with Crippen molar-refractivity contribution in [3.05, 3.63) is 35.9 Å². The zero-order valence-electron chi connectivity index (χ0n) is 14.0. The summed E-state index contributed by atoms with van der Waals surface area (Å²) in [5, 5.41) is 15.0. The average Bonchev–Trinajstić information content (AvgIpc) is 3.34. The van der Waals surface area contributed by atoms with Crippen LogP contribution in [0, 0.1) is 11.3 Å². The maximum atomic E-state index is 12.1. The molecule has 2 amide bonds. The molecule has 0 saturated heterocycles. The van der Waals surface area contributed by atoms with E-state index < -0.39 is 5.97 Å². The molecule has 2 aliphatic carbocycles.